The molecular weight excluding hydrogens is 428 g/mol. The first-order valence-corrected chi connectivity index (χ1v) is 11.3. The number of halogens is 1. The molecule has 1 saturated heterocycles. The van der Waals surface area contributed by atoms with Crippen LogP contribution in [0.4, 0.5) is 0 Å². The molecule has 9 heteroatoms. The average Bonchev–Trinajstić information content (AvgIpc) is 3.34. The van der Waals surface area contributed by atoms with E-state index in [1.165, 1.54) is 22.7 Å². The van der Waals surface area contributed by atoms with E-state index < -0.39 is 0 Å². The lowest BCUT2D eigenvalue weighted by Crippen LogP contribution is -2.46. The molecular formula is C20H19ClN4O2S2. The summed E-state index contributed by atoms with van der Waals surface area (Å²) in [6.07, 6.45) is 4.70. The SMILES string of the molecule is Cc1nc(-c2ccc(Cl)s2)sc1C(=O)NC1CCN(C(=O)c2ccncc2)CC1. The molecule has 0 aliphatic carbocycles. The fraction of sp³-hybridized carbons (Fsp3) is 0.300. The number of carbonyl (C=O) groups excluding carboxylic acids is 2. The number of thiophene rings is 1. The van der Waals surface area contributed by atoms with Gasteiger partial charge in [0, 0.05) is 37.1 Å². The Bertz CT molecular complexity index is 1030. The molecule has 1 fully saturated rings. The summed E-state index contributed by atoms with van der Waals surface area (Å²) in [7, 11) is 0. The van der Waals surface area contributed by atoms with Crippen molar-refractivity contribution in [1.29, 1.82) is 0 Å². The number of likely N-dealkylation sites (tertiary alicyclic amines) is 1. The number of hydrogen-bond acceptors (Lipinski definition) is 6. The maximum Gasteiger partial charge on any atom is 0.263 e. The van der Waals surface area contributed by atoms with Crippen molar-refractivity contribution in [3.63, 3.8) is 0 Å². The van der Waals surface area contributed by atoms with Gasteiger partial charge in [0.25, 0.3) is 11.8 Å². The van der Waals surface area contributed by atoms with E-state index >= 15 is 0 Å². The molecule has 1 aliphatic rings. The molecule has 3 aromatic heterocycles. The first-order valence-electron chi connectivity index (χ1n) is 9.24. The topological polar surface area (TPSA) is 75.2 Å². The van der Waals surface area contributed by atoms with Crippen LogP contribution in [0.3, 0.4) is 0 Å². The third-order valence-corrected chi connectivity index (χ3v) is 7.39. The molecule has 0 saturated carbocycles. The van der Waals surface area contributed by atoms with Gasteiger partial charge in [0.2, 0.25) is 0 Å². The number of nitrogens with zero attached hydrogens (tertiary/aromatic N) is 3. The minimum Gasteiger partial charge on any atom is -0.348 e. The van der Waals surface area contributed by atoms with Crippen molar-refractivity contribution >= 4 is 46.1 Å². The van der Waals surface area contributed by atoms with Gasteiger partial charge in [-0.2, -0.15) is 0 Å². The van der Waals surface area contributed by atoms with Crippen LogP contribution in [0, 0.1) is 6.92 Å². The summed E-state index contributed by atoms with van der Waals surface area (Å²) in [6.45, 7) is 3.08. The van der Waals surface area contributed by atoms with Crippen LogP contribution in [0.2, 0.25) is 4.34 Å². The van der Waals surface area contributed by atoms with Gasteiger partial charge in [0.1, 0.15) is 9.88 Å². The van der Waals surface area contributed by atoms with Crippen LogP contribution in [0.25, 0.3) is 9.88 Å². The molecule has 3 aromatic rings. The summed E-state index contributed by atoms with van der Waals surface area (Å²) in [6, 6.07) is 7.24. The zero-order chi connectivity index (χ0) is 20.4. The molecule has 150 valence electrons. The van der Waals surface area contributed by atoms with Crippen molar-refractivity contribution in [2.45, 2.75) is 25.8 Å². The third-order valence-electron chi connectivity index (χ3n) is 4.83. The van der Waals surface area contributed by atoms with Gasteiger partial charge in [-0.3, -0.25) is 14.6 Å². The molecule has 0 unspecified atom stereocenters. The van der Waals surface area contributed by atoms with E-state index in [9.17, 15) is 9.59 Å². The molecule has 0 spiro atoms. The molecule has 0 atom stereocenters. The standard InChI is InChI=1S/C20H19ClN4O2S2/c1-12-17(29-19(23-12)15-2-3-16(21)28-15)18(26)24-14-6-10-25(11-7-14)20(27)13-4-8-22-9-5-13/h2-5,8-9,14H,6-7,10-11H2,1H3,(H,24,26). The van der Waals surface area contributed by atoms with Crippen molar-refractivity contribution in [2.24, 2.45) is 0 Å². The lowest BCUT2D eigenvalue weighted by molar-refractivity contribution is 0.0698. The van der Waals surface area contributed by atoms with E-state index in [1.54, 1.807) is 24.5 Å². The van der Waals surface area contributed by atoms with Crippen LogP contribution in [-0.2, 0) is 0 Å². The van der Waals surface area contributed by atoms with Gasteiger partial charge in [-0.25, -0.2) is 4.98 Å². The maximum absolute atomic E-state index is 12.8. The normalized spacial score (nSPS) is 14.8. The number of aromatic nitrogens is 2. The van der Waals surface area contributed by atoms with Crippen molar-refractivity contribution in [3.05, 3.63) is 57.1 Å². The lowest BCUT2D eigenvalue weighted by Gasteiger charge is -2.32. The number of nitrogens with one attached hydrogen (secondary N) is 1. The first-order chi connectivity index (χ1) is 14.0. The van der Waals surface area contributed by atoms with E-state index in [0.717, 1.165) is 28.4 Å². The number of pyridine rings is 1. The maximum atomic E-state index is 12.8. The monoisotopic (exact) mass is 446 g/mol. The van der Waals surface area contributed by atoms with Crippen LogP contribution in [0.15, 0.2) is 36.7 Å². The van der Waals surface area contributed by atoms with Gasteiger partial charge >= 0.3 is 0 Å². The summed E-state index contributed by atoms with van der Waals surface area (Å²) in [5, 5.41) is 3.91. The quantitative estimate of drug-likeness (QED) is 0.649. The fourth-order valence-electron chi connectivity index (χ4n) is 3.30. The van der Waals surface area contributed by atoms with Crippen molar-refractivity contribution < 1.29 is 9.59 Å². The van der Waals surface area contributed by atoms with Gasteiger partial charge in [-0.05, 0) is 44.0 Å². The largest absolute Gasteiger partial charge is 0.348 e. The zero-order valence-electron chi connectivity index (χ0n) is 15.7. The molecule has 4 heterocycles. The average molecular weight is 447 g/mol. The summed E-state index contributed by atoms with van der Waals surface area (Å²) >= 11 is 8.84. The van der Waals surface area contributed by atoms with Crippen LogP contribution >= 0.6 is 34.3 Å². The Morgan fingerprint density at radius 3 is 2.52 bits per heavy atom. The van der Waals surface area contributed by atoms with Gasteiger partial charge in [-0.1, -0.05) is 11.6 Å². The Morgan fingerprint density at radius 2 is 1.86 bits per heavy atom. The number of aryl methyl sites for hydroxylation is 1. The Labute approximate surface area is 181 Å². The second-order valence-corrected chi connectivity index (χ2v) is 9.53. The van der Waals surface area contributed by atoms with Crippen molar-refractivity contribution in [2.75, 3.05) is 13.1 Å². The second-order valence-electron chi connectivity index (χ2n) is 6.81. The van der Waals surface area contributed by atoms with Crippen molar-refractivity contribution in [3.8, 4) is 9.88 Å². The van der Waals surface area contributed by atoms with Crippen molar-refractivity contribution in [1.82, 2.24) is 20.2 Å². The number of thiazole rings is 1. The van der Waals surface area contributed by atoms with Crippen LogP contribution < -0.4 is 5.32 Å². The van der Waals surface area contributed by atoms with Gasteiger partial charge in [-0.15, -0.1) is 22.7 Å². The molecule has 2 amide bonds. The van der Waals surface area contributed by atoms with Crippen LogP contribution in [0.5, 0.6) is 0 Å². The summed E-state index contributed by atoms with van der Waals surface area (Å²) in [5.74, 6) is -0.0949. The highest BCUT2D eigenvalue weighted by molar-refractivity contribution is 7.24. The van der Waals surface area contributed by atoms with E-state index in [1.807, 2.05) is 24.0 Å². The van der Waals surface area contributed by atoms with Crippen LogP contribution in [0.1, 0.15) is 38.6 Å². The number of carbonyl (C=O) groups is 2. The molecule has 1 N–H and O–H groups in total. The lowest BCUT2D eigenvalue weighted by atomic mass is 10.0. The molecule has 0 aromatic carbocycles. The first kappa shape index (κ1) is 20.0. The summed E-state index contributed by atoms with van der Waals surface area (Å²) < 4.78 is 0.701. The van der Waals surface area contributed by atoms with E-state index in [4.69, 9.17) is 11.6 Å². The predicted octanol–water partition coefficient (Wildman–Crippen LogP) is 4.26. The van der Waals surface area contributed by atoms with Gasteiger partial charge in [0.05, 0.1) is 14.9 Å². The molecule has 6 nitrogen and oxygen atoms in total. The second kappa shape index (κ2) is 8.61. The molecule has 0 bridgehead atoms. The van der Waals surface area contributed by atoms with E-state index in [0.29, 0.717) is 27.9 Å². The highest BCUT2D eigenvalue weighted by Crippen LogP contribution is 2.35. The minimum atomic E-state index is -0.104. The van der Waals surface area contributed by atoms with E-state index in [2.05, 4.69) is 15.3 Å². The molecule has 0 radical (unpaired) electrons. The van der Waals surface area contributed by atoms with Gasteiger partial charge in [0.15, 0.2) is 0 Å². The molecule has 1 aliphatic heterocycles. The Kier molecular flexibility index (Phi) is 5.94. The Balaban J connectivity index is 1.36. The Hall–Kier alpha value is -2.29. The molecule has 29 heavy (non-hydrogen) atoms. The zero-order valence-corrected chi connectivity index (χ0v) is 18.1. The number of rotatable bonds is 4. The number of piperidine rings is 1. The number of hydrogen-bond donors (Lipinski definition) is 1. The summed E-state index contributed by atoms with van der Waals surface area (Å²) in [4.78, 5) is 37.2. The van der Waals surface area contributed by atoms with Gasteiger partial charge < -0.3 is 10.2 Å². The summed E-state index contributed by atoms with van der Waals surface area (Å²) in [5.41, 5.74) is 1.36. The smallest absolute Gasteiger partial charge is 0.263 e. The molecule has 4 rings (SSSR count). The highest BCUT2D eigenvalue weighted by atomic mass is 35.5. The van der Waals surface area contributed by atoms with Crippen LogP contribution in [-0.4, -0.2) is 45.8 Å². The predicted molar refractivity (Wildman–Crippen MR) is 116 cm³/mol. The fourth-order valence-corrected chi connectivity index (χ4v) is 5.36. The Morgan fingerprint density at radius 1 is 1.14 bits per heavy atom. The number of amides is 2. The van der Waals surface area contributed by atoms with E-state index in [-0.39, 0.29) is 17.9 Å². The highest BCUT2D eigenvalue weighted by Gasteiger charge is 2.26. The third kappa shape index (κ3) is 4.49. The minimum absolute atomic E-state index is 0.00901.